The Hall–Kier alpha value is -3.62. The number of amides is 1. The smallest absolute Gasteiger partial charge is 0.343 e. The standard InChI is InChI=1S/C20H17F2N3O4/c1-3-29-20(28)14-9-25(19-13(18(14)27)6-4-11(2)23-19)10-17(26)24-16-7-5-12(21)8-15(16)22/h4-9H,3,10H2,1-2H3,(H,24,26). The van der Waals surface area contributed by atoms with E-state index >= 15 is 0 Å². The Morgan fingerprint density at radius 2 is 1.97 bits per heavy atom. The van der Waals surface area contributed by atoms with Crippen molar-refractivity contribution >= 4 is 28.6 Å². The summed E-state index contributed by atoms with van der Waals surface area (Å²) in [4.78, 5) is 41.5. The zero-order chi connectivity index (χ0) is 21.1. The first-order chi connectivity index (χ1) is 13.8. The van der Waals surface area contributed by atoms with Crippen LogP contribution in [0.2, 0.25) is 0 Å². The first kappa shape index (κ1) is 20.1. The quantitative estimate of drug-likeness (QED) is 0.664. The summed E-state index contributed by atoms with van der Waals surface area (Å²) in [7, 11) is 0. The van der Waals surface area contributed by atoms with Crippen LogP contribution in [0.1, 0.15) is 23.0 Å². The van der Waals surface area contributed by atoms with E-state index in [4.69, 9.17) is 4.74 Å². The third-order valence-electron chi connectivity index (χ3n) is 4.08. The summed E-state index contributed by atoms with van der Waals surface area (Å²) >= 11 is 0. The number of carbonyl (C=O) groups is 2. The highest BCUT2D eigenvalue weighted by molar-refractivity contribution is 5.95. The van der Waals surface area contributed by atoms with E-state index in [0.29, 0.717) is 11.8 Å². The van der Waals surface area contributed by atoms with Crippen LogP contribution >= 0.6 is 0 Å². The number of pyridine rings is 2. The van der Waals surface area contributed by atoms with E-state index in [2.05, 4.69) is 10.3 Å². The molecule has 2 heterocycles. The number of aryl methyl sites for hydroxylation is 1. The summed E-state index contributed by atoms with van der Waals surface area (Å²) in [6.07, 6.45) is 1.19. The number of benzene rings is 1. The summed E-state index contributed by atoms with van der Waals surface area (Å²) in [5, 5.41) is 2.47. The van der Waals surface area contributed by atoms with Crippen LogP contribution in [0.15, 0.2) is 41.3 Å². The molecule has 1 aromatic carbocycles. The molecule has 2 aromatic heterocycles. The second kappa shape index (κ2) is 8.17. The molecule has 0 saturated heterocycles. The number of nitrogens with one attached hydrogen (secondary N) is 1. The summed E-state index contributed by atoms with van der Waals surface area (Å²) in [6.45, 7) is 3.03. The lowest BCUT2D eigenvalue weighted by atomic mass is 10.2. The zero-order valence-electron chi connectivity index (χ0n) is 15.7. The topological polar surface area (TPSA) is 90.3 Å². The van der Waals surface area contributed by atoms with Crippen molar-refractivity contribution in [3.63, 3.8) is 0 Å². The van der Waals surface area contributed by atoms with Crippen LogP contribution in [-0.4, -0.2) is 28.0 Å². The molecule has 150 valence electrons. The summed E-state index contributed by atoms with van der Waals surface area (Å²) < 4.78 is 33.0. The normalized spacial score (nSPS) is 10.8. The monoisotopic (exact) mass is 401 g/mol. The van der Waals surface area contributed by atoms with Gasteiger partial charge in [0.25, 0.3) is 0 Å². The minimum Gasteiger partial charge on any atom is -0.462 e. The molecule has 0 unspecified atom stereocenters. The maximum atomic E-state index is 13.8. The van der Waals surface area contributed by atoms with Gasteiger partial charge in [-0.2, -0.15) is 0 Å². The van der Waals surface area contributed by atoms with Gasteiger partial charge in [0.1, 0.15) is 29.4 Å². The molecule has 0 aliphatic rings. The average Bonchev–Trinajstić information content (AvgIpc) is 2.66. The first-order valence-electron chi connectivity index (χ1n) is 8.73. The number of hydrogen-bond acceptors (Lipinski definition) is 5. The van der Waals surface area contributed by atoms with E-state index in [-0.39, 0.29) is 35.4 Å². The maximum absolute atomic E-state index is 13.8. The van der Waals surface area contributed by atoms with Gasteiger partial charge in [-0.25, -0.2) is 18.6 Å². The highest BCUT2D eigenvalue weighted by atomic mass is 19.1. The number of nitrogens with zero attached hydrogens (tertiary/aromatic N) is 2. The molecule has 3 rings (SSSR count). The van der Waals surface area contributed by atoms with E-state index in [0.717, 1.165) is 12.1 Å². The number of hydrogen-bond donors (Lipinski definition) is 1. The molecule has 3 aromatic rings. The fourth-order valence-corrected chi connectivity index (χ4v) is 2.77. The number of ether oxygens (including phenoxy) is 1. The van der Waals surface area contributed by atoms with Crippen molar-refractivity contribution in [3.05, 3.63) is 69.6 Å². The molecule has 0 aliphatic heterocycles. The van der Waals surface area contributed by atoms with E-state index < -0.39 is 28.9 Å². The summed E-state index contributed by atoms with van der Waals surface area (Å²) in [6, 6.07) is 5.87. The number of anilines is 1. The SMILES string of the molecule is CCOC(=O)c1cn(CC(=O)Nc2ccc(F)cc2F)c2nc(C)ccc2c1=O. The summed E-state index contributed by atoms with van der Waals surface area (Å²) in [5.41, 5.74) is -0.216. The lowest BCUT2D eigenvalue weighted by molar-refractivity contribution is -0.116. The van der Waals surface area contributed by atoms with Crippen molar-refractivity contribution in [1.29, 1.82) is 0 Å². The van der Waals surface area contributed by atoms with E-state index in [1.54, 1.807) is 19.9 Å². The van der Waals surface area contributed by atoms with E-state index in [1.807, 2.05) is 0 Å². The second-order valence-corrected chi connectivity index (χ2v) is 6.22. The average molecular weight is 401 g/mol. The third kappa shape index (κ3) is 4.29. The van der Waals surface area contributed by atoms with Crippen LogP contribution in [0, 0.1) is 18.6 Å². The predicted molar refractivity (Wildman–Crippen MR) is 102 cm³/mol. The maximum Gasteiger partial charge on any atom is 0.343 e. The fraction of sp³-hybridized carbons (Fsp3) is 0.200. The van der Waals surface area contributed by atoms with Gasteiger partial charge in [-0.05, 0) is 38.1 Å². The minimum absolute atomic E-state index is 0.0762. The molecule has 0 bridgehead atoms. The van der Waals surface area contributed by atoms with Crippen LogP contribution in [0.4, 0.5) is 14.5 Å². The molecule has 0 fully saturated rings. The van der Waals surface area contributed by atoms with E-state index in [1.165, 1.54) is 16.8 Å². The van der Waals surface area contributed by atoms with Gasteiger partial charge in [-0.1, -0.05) is 0 Å². The van der Waals surface area contributed by atoms with Crippen molar-refractivity contribution < 1.29 is 23.1 Å². The van der Waals surface area contributed by atoms with Gasteiger partial charge in [-0.3, -0.25) is 9.59 Å². The highest BCUT2D eigenvalue weighted by Gasteiger charge is 2.19. The van der Waals surface area contributed by atoms with Gasteiger partial charge < -0.3 is 14.6 Å². The lowest BCUT2D eigenvalue weighted by Gasteiger charge is -2.13. The molecule has 0 spiro atoms. The Morgan fingerprint density at radius 1 is 1.21 bits per heavy atom. The van der Waals surface area contributed by atoms with Crippen molar-refractivity contribution in [2.45, 2.75) is 20.4 Å². The molecule has 7 nitrogen and oxygen atoms in total. The van der Waals surface area contributed by atoms with Crippen molar-refractivity contribution in [2.75, 3.05) is 11.9 Å². The zero-order valence-corrected chi connectivity index (χ0v) is 15.7. The number of halogens is 2. The Kier molecular flexibility index (Phi) is 5.67. The van der Waals surface area contributed by atoms with Crippen LogP contribution in [0.5, 0.6) is 0 Å². The Bertz CT molecular complexity index is 1170. The Balaban J connectivity index is 2.01. The summed E-state index contributed by atoms with van der Waals surface area (Å²) in [5.74, 6) is -3.17. The molecule has 0 saturated carbocycles. The van der Waals surface area contributed by atoms with Crippen molar-refractivity contribution in [2.24, 2.45) is 0 Å². The molecular weight excluding hydrogens is 384 g/mol. The predicted octanol–water partition coefficient (Wildman–Crippen LogP) is 2.80. The lowest BCUT2D eigenvalue weighted by Crippen LogP contribution is -2.25. The van der Waals surface area contributed by atoms with Crippen molar-refractivity contribution in [3.8, 4) is 0 Å². The van der Waals surface area contributed by atoms with Gasteiger partial charge in [0, 0.05) is 18.0 Å². The molecule has 0 atom stereocenters. The second-order valence-electron chi connectivity index (χ2n) is 6.22. The van der Waals surface area contributed by atoms with Crippen molar-refractivity contribution in [1.82, 2.24) is 9.55 Å². The molecule has 9 heteroatoms. The van der Waals surface area contributed by atoms with E-state index in [9.17, 15) is 23.2 Å². The van der Waals surface area contributed by atoms with Crippen LogP contribution in [0.3, 0.4) is 0 Å². The number of carbonyl (C=O) groups excluding carboxylic acids is 2. The molecule has 0 radical (unpaired) electrons. The van der Waals surface area contributed by atoms with Crippen LogP contribution in [0.25, 0.3) is 11.0 Å². The molecule has 1 amide bonds. The molecule has 1 N–H and O–H groups in total. The highest BCUT2D eigenvalue weighted by Crippen LogP contribution is 2.16. The Labute approximate surface area is 163 Å². The number of aromatic nitrogens is 2. The van der Waals surface area contributed by atoms with Gasteiger partial charge >= 0.3 is 5.97 Å². The largest absolute Gasteiger partial charge is 0.462 e. The fourth-order valence-electron chi connectivity index (χ4n) is 2.77. The molecular formula is C20H17F2N3O4. The first-order valence-corrected chi connectivity index (χ1v) is 8.73. The number of esters is 1. The minimum atomic E-state index is -0.927. The van der Waals surface area contributed by atoms with Gasteiger partial charge in [-0.15, -0.1) is 0 Å². The van der Waals surface area contributed by atoms with Gasteiger partial charge in [0.05, 0.1) is 17.7 Å². The van der Waals surface area contributed by atoms with Gasteiger partial charge in [0.2, 0.25) is 11.3 Å². The number of rotatable bonds is 5. The van der Waals surface area contributed by atoms with Crippen LogP contribution in [-0.2, 0) is 16.1 Å². The number of fused-ring (bicyclic) bond motifs is 1. The van der Waals surface area contributed by atoms with Crippen LogP contribution < -0.4 is 10.7 Å². The molecule has 29 heavy (non-hydrogen) atoms. The molecule has 0 aliphatic carbocycles. The Morgan fingerprint density at radius 3 is 2.66 bits per heavy atom. The third-order valence-corrected chi connectivity index (χ3v) is 4.08. The van der Waals surface area contributed by atoms with Gasteiger partial charge in [0.15, 0.2) is 0 Å².